The highest BCUT2D eigenvalue weighted by atomic mass is 32.2. The number of aromatic nitrogens is 2. The predicted octanol–water partition coefficient (Wildman–Crippen LogP) is 6.23. The van der Waals surface area contributed by atoms with Crippen LogP contribution in [0.4, 0.5) is 0 Å². The fourth-order valence-corrected chi connectivity index (χ4v) is 6.47. The quantitative estimate of drug-likeness (QED) is 0.103. The highest BCUT2D eigenvalue weighted by Gasteiger charge is 2.32. The third kappa shape index (κ3) is 10.3. The summed E-state index contributed by atoms with van der Waals surface area (Å²) in [4.78, 5) is 27.8. The van der Waals surface area contributed by atoms with Crippen molar-refractivity contribution < 1.29 is 24.2 Å². The number of carbonyl (C=O) groups excluding carboxylic acids is 2. The molecule has 10 heteroatoms. The van der Waals surface area contributed by atoms with Gasteiger partial charge in [0.25, 0.3) is 0 Å². The molecule has 3 N–H and O–H groups in total. The molecule has 1 aliphatic rings. The Balaban J connectivity index is 1.20. The first-order valence-electron chi connectivity index (χ1n) is 16.2. The Bertz CT molecular complexity index is 1590. The molecule has 2 amide bonds. The number of thioether (sulfide) groups is 1. The summed E-state index contributed by atoms with van der Waals surface area (Å²) < 4.78 is 15.0. The summed E-state index contributed by atoms with van der Waals surface area (Å²) in [5.41, 5.74) is 6.04. The van der Waals surface area contributed by atoms with Crippen molar-refractivity contribution in [2.45, 2.75) is 75.8 Å². The van der Waals surface area contributed by atoms with Crippen molar-refractivity contribution >= 4 is 23.6 Å². The fourth-order valence-electron chi connectivity index (χ4n) is 5.52. The molecule has 0 radical (unpaired) electrons. The lowest BCUT2D eigenvalue weighted by Crippen LogP contribution is -2.31. The van der Waals surface area contributed by atoms with Gasteiger partial charge in [-0.25, -0.2) is 4.98 Å². The summed E-state index contributed by atoms with van der Waals surface area (Å²) in [5.74, 6) is 0.756. The average molecular weight is 657 g/mol. The second kappa shape index (κ2) is 17.3. The Kier molecular flexibility index (Phi) is 12.6. The van der Waals surface area contributed by atoms with Gasteiger partial charge in [0.1, 0.15) is 0 Å². The van der Waals surface area contributed by atoms with E-state index in [-0.39, 0.29) is 30.6 Å². The highest BCUT2D eigenvalue weighted by Crippen LogP contribution is 2.39. The third-order valence-corrected chi connectivity index (χ3v) is 9.37. The van der Waals surface area contributed by atoms with Gasteiger partial charge in [0.15, 0.2) is 11.4 Å². The van der Waals surface area contributed by atoms with Gasteiger partial charge in [-0.1, -0.05) is 84.9 Å². The van der Waals surface area contributed by atoms with Gasteiger partial charge >= 0.3 is 0 Å². The van der Waals surface area contributed by atoms with Crippen LogP contribution in [0.2, 0.25) is 0 Å². The number of aliphatic hydroxyl groups excluding tert-OH is 1. The minimum atomic E-state index is -0.528. The van der Waals surface area contributed by atoms with Crippen LogP contribution in [0.3, 0.4) is 0 Å². The number of amides is 2. The van der Waals surface area contributed by atoms with Gasteiger partial charge in [-0.3, -0.25) is 9.59 Å². The van der Waals surface area contributed by atoms with Crippen LogP contribution in [0.25, 0.3) is 11.1 Å². The number of hydrogen-bond acceptors (Lipinski definition) is 7. The molecule has 5 rings (SSSR count). The number of aliphatic hydroxyl groups is 1. The SMILES string of the molecule is CC(=O)NCCCCCC(=O)NCc1cccc(-c2ccc(C3OC(CSc4nccn4C)CC(c4ccc(CO)cc4)O3)cc2)c1. The summed E-state index contributed by atoms with van der Waals surface area (Å²) in [6.45, 7) is 2.64. The Labute approximate surface area is 281 Å². The Hall–Kier alpha value is -3.96. The average Bonchev–Trinajstić information content (AvgIpc) is 3.52. The molecule has 3 aromatic carbocycles. The van der Waals surface area contributed by atoms with Crippen LogP contribution in [0.1, 0.15) is 73.7 Å². The molecule has 3 unspecified atom stereocenters. The molecule has 0 saturated carbocycles. The Morgan fingerprint density at radius 3 is 2.45 bits per heavy atom. The molecule has 1 aliphatic heterocycles. The first-order chi connectivity index (χ1) is 22.9. The summed E-state index contributed by atoms with van der Waals surface area (Å²) in [7, 11) is 1.99. The predicted molar refractivity (Wildman–Crippen MR) is 183 cm³/mol. The molecule has 3 atom stereocenters. The normalized spacial score (nSPS) is 17.7. The summed E-state index contributed by atoms with van der Waals surface area (Å²) in [5, 5.41) is 16.3. The number of aryl methyl sites for hydroxylation is 1. The van der Waals surface area contributed by atoms with Crippen molar-refractivity contribution in [2.24, 2.45) is 7.05 Å². The summed E-state index contributed by atoms with van der Waals surface area (Å²) >= 11 is 1.67. The number of rotatable bonds is 15. The van der Waals surface area contributed by atoms with Crippen LogP contribution in [-0.4, -0.2) is 44.9 Å². The maximum absolute atomic E-state index is 12.4. The summed E-state index contributed by atoms with van der Waals surface area (Å²) in [6, 6.07) is 24.4. The molecule has 248 valence electrons. The molecule has 1 fully saturated rings. The minimum Gasteiger partial charge on any atom is -0.392 e. The topological polar surface area (TPSA) is 115 Å². The van der Waals surface area contributed by atoms with E-state index in [1.54, 1.807) is 18.0 Å². The highest BCUT2D eigenvalue weighted by molar-refractivity contribution is 7.99. The van der Waals surface area contributed by atoms with Gasteiger partial charge in [0.05, 0.1) is 18.8 Å². The number of nitrogens with one attached hydrogen (secondary N) is 2. The zero-order chi connectivity index (χ0) is 33.0. The standard InChI is InChI=1S/C37H44N4O5S/c1-26(43)38-18-5-3-4-9-35(44)40-23-28-7-6-8-32(21-28)29-14-16-31(17-15-29)36-45-33(25-47-37-39-19-20-41(37)2)22-34(46-36)30-12-10-27(24-42)11-13-30/h6-8,10-17,19-21,33-34,36,42H,3-5,9,18,22-25H2,1-2H3,(H,38,43)(H,40,44). The van der Waals surface area contributed by atoms with Gasteiger partial charge in [-0.05, 0) is 46.7 Å². The molecule has 2 heterocycles. The van der Waals surface area contributed by atoms with E-state index in [1.165, 1.54) is 6.92 Å². The first-order valence-corrected chi connectivity index (χ1v) is 17.2. The maximum atomic E-state index is 12.4. The molecule has 0 aliphatic carbocycles. The number of imidazole rings is 1. The molecule has 9 nitrogen and oxygen atoms in total. The van der Waals surface area contributed by atoms with Crippen molar-refractivity contribution in [3.63, 3.8) is 0 Å². The minimum absolute atomic E-state index is 0.00734. The van der Waals surface area contributed by atoms with E-state index in [9.17, 15) is 14.7 Å². The second-order valence-electron chi connectivity index (χ2n) is 11.9. The zero-order valence-electron chi connectivity index (χ0n) is 27.1. The lowest BCUT2D eigenvalue weighted by atomic mass is 9.99. The van der Waals surface area contributed by atoms with Crippen LogP contribution in [0, 0.1) is 0 Å². The number of carbonyl (C=O) groups is 2. The lowest BCUT2D eigenvalue weighted by Gasteiger charge is -2.36. The fraction of sp³-hybridized carbons (Fsp3) is 0.378. The molecule has 0 bridgehead atoms. The molecular formula is C37H44N4O5S. The van der Waals surface area contributed by atoms with Crippen molar-refractivity contribution in [2.75, 3.05) is 12.3 Å². The van der Waals surface area contributed by atoms with Crippen molar-refractivity contribution in [3.8, 4) is 11.1 Å². The molecule has 0 spiro atoms. The third-order valence-electron chi connectivity index (χ3n) is 8.18. The van der Waals surface area contributed by atoms with Crippen molar-refractivity contribution in [1.82, 2.24) is 20.2 Å². The van der Waals surface area contributed by atoms with Crippen LogP contribution in [0.15, 0.2) is 90.3 Å². The molecular weight excluding hydrogens is 612 g/mol. The van der Waals surface area contributed by atoms with Gasteiger partial charge in [0, 0.05) is 63.6 Å². The van der Waals surface area contributed by atoms with Gasteiger partial charge in [-0.2, -0.15) is 0 Å². The van der Waals surface area contributed by atoms with E-state index in [1.807, 2.05) is 54.2 Å². The monoisotopic (exact) mass is 656 g/mol. The van der Waals surface area contributed by atoms with Crippen molar-refractivity contribution in [3.05, 3.63) is 107 Å². The van der Waals surface area contributed by atoms with Crippen LogP contribution >= 0.6 is 11.8 Å². The molecule has 47 heavy (non-hydrogen) atoms. The van der Waals surface area contributed by atoms with Gasteiger partial charge < -0.3 is 29.8 Å². The number of ether oxygens (including phenoxy) is 2. The number of benzene rings is 3. The maximum Gasteiger partial charge on any atom is 0.220 e. The Morgan fingerprint density at radius 1 is 0.936 bits per heavy atom. The summed E-state index contributed by atoms with van der Waals surface area (Å²) in [6.07, 6.45) is 6.78. The number of nitrogens with zero attached hydrogens (tertiary/aromatic N) is 2. The number of hydrogen-bond donors (Lipinski definition) is 3. The Morgan fingerprint density at radius 2 is 1.72 bits per heavy atom. The largest absolute Gasteiger partial charge is 0.392 e. The van der Waals surface area contributed by atoms with Crippen molar-refractivity contribution in [1.29, 1.82) is 0 Å². The lowest BCUT2D eigenvalue weighted by molar-refractivity contribution is -0.245. The van der Waals surface area contributed by atoms with E-state index < -0.39 is 6.29 Å². The van der Waals surface area contributed by atoms with Crippen LogP contribution < -0.4 is 10.6 Å². The molecule has 4 aromatic rings. The zero-order valence-corrected chi connectivity index (χ0v) is 27.9. The van der Waals surface area contributed by atoms with Crippen LogP contribution in [-0.2, 0) is 39.3 Å². The van der Waals surface area contributed by atoms with E-state index in [4.69, 9.17) is 9.47 Å². The number of unbranched alkanes of at least 4 members (excludes halogenated alkanes) is 2. The van der Waals surface area contributed by atoms with E-state index in [0.717, 1.165) is 63.6 Å². The first kappa shape index (κ1) is 34.4. The second-order valence-corrected chi connectivity index (χ2v) is 12.9. The molecule has 1 aromatic heterocycles. The van der Waals surface area contributed by atoms with Gasteiger partial charge in [0.2, 0.25) is 11.8 Å². The molecule has 1 saturated heterocycles. The smallest absolute Gasteiger partial charge is 0.220 e. The van der Waals surface area contributed by atoms with E-state index >= 15 is 0 Å². The van der Waals surface area contributed by atoms with E-state index in [2.05, 4.69) is 52.0 Å². The van der Waals surface area contributed by atoms with Gasteiger partial charge in [-0.15, -0.1) is 0 Å². The van der Waals surface area contributed by atoms with Crippen LogP contribution in [0.5, 0.6) is 0 Å². The van der Waals surface area contributed by atoms with E-state index in [0.29, 0.717) is 25.9 Å².